The average Bonchev–Trinajstić information content (AvgIpc) is 2.19. The fraction of sp³-hybridized carbons (Fsp3) is 0.182. The van der Waals surface area contributed by atoms with Gasteiger partial charge in [0.1, 0.15) is 0 Å². The quantitative estimate of drug-likeness (QED) is 0.732. The summed E-state index contributed by atoms with van der Waals surface area (Å²) >= 11 is 7.10. The van der Waals surface area contributed by atoms with Crippen LogP contribution in [0.5, 0.6) is 0 Å². The smallest absolute Gasteiger partial charge is 0.0501 e. The van der Waals surface area contributed by atoms with E-state index in [0.717, 1.165) is 27.5 Å². The first-order valence-corrected chi connectivity index (χ1v) is 6.03. The summed E-state index contributed by atoms with van der Waals surface area (Å²) in [7, 11) is 0. The minimum Gasteiger partial charge on any atom is -0.261 e. The highest BCUT2D eigenvalue weighted by molar-refractivity contribution is 9.11. The normalized spacial score (nSPS) is 15.4. The van der Waals surface area contributed by atoms with Crippen molar-refractivity contribution in [2.45, 2.75) is 12.8 Å². The van der Waals surface area contributed by atoms with Gasteiger partial charge in [-0.05, 0) is 25.0 Å². The van der Waals surface area contributed by atoms with Gasteiger partial charge >= 0.3 is 0 Å². The predicted octanol–water partition coefficient (Wildman–Crippen LogP) is 4.31. The molecule has 0 N–H and O–H groups in total. The molecule has 1 heterocycles. The third-order valence-electron chi connectivity index (χ3n) is 2.13. The van der Waals surface area contributed by atoms with Crippen LogP contribution in [0.1, 0.15) is 18.4 Å². The highest BCUT2D eigenvalue weighted by Gasteiger charge is 2.11. The van der Waals surface area contributed by atoms with Crippen molar-refractivity contribution >= 4 is 37.6 Å². The molecule has 0 bridgehead atoms. The molecule has 1 aliphatic heterocycles. The van der Waals surface area contributed by atoms with Crippen molar-refractivity contribution in [2.75, 3.05) is 0 Å². The minimum absolute atomic E-state index is 1.01. The molecular weight excluding hydrogens is 306 g/mol. The van der Waals surface area contributed by atoms with E-state index < -0.39 is 0 Å². The van der Waals surface area contributed by atoms with Gasteiger partial charge in [0.05, 0.1) is 5.71 Å². The van der Waals surface area contributed by atoms with Crippen molar-refractivity contribution in [2.24, 2.45) is 4.99 Å². The van der Waals surface area contributed by atoms with Crippen molar-refractivity contribution in [1.29, 1.82) is 0 Å². The Labute approximate surface area is 100 Å². The second-order valence-corrected chi connectivity index (χ2v) is 4.80. The van der Waals surface area contributed by atoms with Gasteiger partial charge < -0.3 is 0 Å². The van der Waals surface area contributed by atoms with Crippen molar-refractivity contribution in [3.05, 3.63) is 45.0 Å². The monoisotopic (exact) mass is 313 g/mol. The van der Waals surface area contributed by atoms with E-state index in [9.17, 15) is 0 Å². The lowest BCUT2D eigenvalue weighted by Gasteiger charge is -2.11. The number of allylic oxidation sites excluding steroid dienone is 1. The summed E-state index contributed by atoms with van der Waals surface area (Å²) in [5, 5.41) is 0. The lowest BCUT2D eigenvalue weighted by Crippen LogP contribution is -2.04. The van der Waals surface area contributed by atoms with Gasteiger partial charge in [-0.1, -0.05) is 44.0 Å². The summed E-state index contributed by atoms with van der Waals surface area (Å²) in [6.45, 7) is 0. The summed E-state index contributed by atoms with van der Waals surface area (Å²) in [6.07, 6.45) is 6.06. The van der Waals surface area contributed by atoms with E-state index >= 15 is 0 Å². The lowest BCUT2D eigenvalue weighted by atomic mass is 10.0. The Bertz CT molecular complexity index is 387. The van der Waals surface area contributed by atoms with E-state index in [2.05, 4.69) is 42.9 Å². The second kappa shape index (κ2) is 4.41. The zero-order valence-electron chi connectivity index (χ0n) is 7.50. The van der Waals surface area contributed by atoms with E-state index in [-0.39, 0.29) is 0 Å². The molecule has 0 saturated heterocycles. The maximum absolute atomic E-state index is 4.40. The van der Waals surface area contributed by atoms with Crippen LogP contribution in [0, 0.1) is 0 Å². The van der Waals surface area contributed by atoms with Crippen LogP contribution in [-0.2, 0) is 0 Å². The highest BCUT2D eigenvalue weighted by Crippen LogP contribution is 2.28. The predicted molar refractivity (Wildman–Crippen MR) is 66.8 cm³/mol. The first-order valence-electron chi connectivity index (χ1n) is 4.45. The Hall–Kier alpha value is -0.410. The number of rotatable bonds is 1. The van der Waals surface area contributed by atoms with E-state index in [1.54, 1.807) is 0 Å². The number of halogens is 2. The average molecular weight is 315 g/mol. The molecule has 0 radical (unpaired) electrons. The third-order valence-corrected chi connectivity index (χ3v) is 3.46. The summed E-state index contributed by atoms with van der Waals surface area (Å²) < 4.78 is 2.20. The second-order valence-electron chi connectivity index (χ2n) is 3.10. The molecule has 1 aromatic carbocycles. The van der Waals surface area contributed by atoms with Crippen molar-refractivity contribution < 1.29 is 0 Å². The molecule has 1 aliphatic rings. The molecule has 0 aliphatic carbocycles. The van der Waals surface area contributed by atoms with Crippen LogP contribution in [-0.4, -0.2) is 5.71 Å². The highest BCUT2D eigenvalue weighted by atomic mass is 79.9. The van der Waals surface area contributed by atoms with Crippen LogP contribution in [0.15, 0.2) is 44.4 Å². The SMILES string of the molecule is Brc1cccc(Br)c1C1=NC=CCC1. The molecule has 14 heavy (non-hydrogen) atoms. The number of hydrogen-bond donors (Lipinski definition) is 0. The number of aliphatic imine (C=N–C) groups is 1. The maximum Gasteiger partial charge on any atom is 0.0501 e. The summed E-state index contributed by atoms with van der Waals surface area (Å²) in [5.74, 6) is 0. The number of nitrogens with zero attached hydrogens (tertiary/aromatic N) is 1. The Balaban J connectivity index is 2.50. The van der Waals surface area contributed by atoms with Gasteiger partial charge in [0, 0.05) is 20.7 Å². The first-order chi connectivity index (χ1) is 6.79. The maximum atomic E-state index is 4.40. The number of benzene rings is 1. The summed E-state index contributed by atoms with van der Waals surface area (Å²) in [6, 6.07) is 6.10. The molecule has 1 nitrogen and oxygen atoms in total. The number of hydrogen-bond acceptors (Lipinski definition) is 1. The Morgan fingerprint density at radius 3 is 2.43 bits per heavy atom. The van der Waals surface area contributed by atoms with Crippen LogP contribution in [0.25, 0.3) is 0 Å². The Morgan fingerprint density at radius 1 is 1.14 bits per heavy atom. The Kier molecular flexibility index (Phi) is 3.19. The minimum atomic E-state index is 1.01. The molecule has 0 fully saturated rings. The van der Waals surface area contributed by atoms with Crippen LogP contribution in [0.3, 0.4) is 0 Å². The molecule has 0 amide bonds. The van der Waals surface area contributed by atoms with Crippen LogP contribution < -0.4 is 0 Å². The van der Waals surface area contributed by atoms with Gasteiger partial charge in [0.15, 0.2) is 0 Å². The summed E-state index contributed by atoms with van der Waals surface area (Å²) in [4.78, 5) is 4.40. The lowest BCUT2D eigenvalue weighted by molar-refractivity contribution is 1.06. The molecule has 1 aromatic rings. The molecule has 0 atom stereocenters. The van der Waals surface area contributed by atoms with Crippen molar-refractivity contribution in [3.63, 3.8) is 0 Å². The largest absolute Gasteiger partial charge is 0.261 e. The fourth-order valence-corrected chi connectivity index (χ4v) is 2.92. The van der Waals surface area contributed by atoms with Gasteiger partial charge in [-0.15, -0.1) is 0 Å². The molecule has 72 valence electrons. The molecule has 0 unspecified atom stereocenters. The third kappa shape index (κ3) is 1.98. The van der Waals surface area contributed by atoms with Gasteiger partial charge in [0.25, 0.3) is 0 Å². The summed E-state index contributed by atoms with van der Waals surface area (Å²) in [5.41, 5.74) is 2.32. The van der Waals surface area contributed by atoms with Gasteiger partial charge in [-0.25, -0.2) is 0 Å². The molecule has 3 heteroatoms. The van der Waals surface area contributed by atoms with Gasteiger partial charge in [-0.3, -0.25) is 4.99 Å². The fourth-order valence-electron chi connectivity index (χ4n) is 1.46. The van der Waals surface area contributed by atoms with Crippen LogP contribution in [0.4, 0.5) is 0 Å². The van der Waals surface area contributed by atoms with Gasteiger partial charge in [0.2, 0.25) is 0 Å². The van der Waals surface area contributed by atoms with Crippen LogP contribution >= 0.6 is 31.9 Å². The van der Waals surface area contributed by atoms with Crippen molar-refractivity contribution in [1.82, 2.24) is 0 Å². The van der Waals surface area contributed by atoms with Crippen LogP contribution in [0.2, 0.25) is 0 Å². The van der Waals surface area contributed by atoms with E-state index in [1.165, 1.54) is 5.56 Å². The Morgan fingerprint density at radius 2 is 1.86 bits per heavy atom. The van der Waals surface area contributed by atoms with E-state index in [4.69, 9.17) is 0 Å². The molecule has 0 saturated carbocycles. The molecule has 0 spiro atoms. The van der Waals surface area contributed by atoms with E-state index in [0.29, 0.717) is 0 Å². The molecule has 2 rings (SSSR count). The first kappa shape index (κ1) is 10.1. The standard InChI is InChI=1S/C11H9Br2N/c12-8-4-3-5-9(13)11(8)10-6-1-2-7-14-10/h2-5,7H,1,6H2. The zero-order valence-corrected chi connectivity index (χ0v) is 10.7. The molecule has 0 aromatic heterocycles. The molecular formula is C11H9Br2N. The van der Waals surface area contributed by atoms with Crippen molar-refractivity contribution in [3.8, 4) is 0 Å². The van der Waals surface area contributed by atoms with E-state index in [1.807, 2.05) is 24.4 Å². The van der Waals surface area contributed by atoms with Gasteiger partial charge in [-0.2, -0.15) is 0 Å². The topological polar surface area (TPSA) is 12.4 Å². The zero-order chi connectivity index (χ0) is 9.97.